The summed E-state index contributed by atoms with van der Waals surface area (Å²) in [5, 5.41) is 0.530. The van der Waals surface area contributed by atoms with Crippen LogP contribution in [0, 0.1) is 24.2 Å². The molecule has 0 radical (unpaired) electrons. The number of rotatable bonds is 9. The first-order valence-electron chi connectivity index (χ1n) is 22.1. The van der Waals surface area contributed by atoms with E-state index < -0.39 is 91.3 Å². The number of hydrogen-bond donors (Lipinski definition) is 1. The van der Waals surface area contributed by atoms with Gasteiger partial charge in [-0.3, -0.25) is 28.8 Å². The van der Waals surface area contributed by atoms with Gasteiger partial charge in [0, 0.05) is 49.3 Å². The topological polar surface area (TPSA) is 162 Å². The van der Waals surface area contributed by atoms with Gasteiger partial charge in [-0.1, -0.05) is 36.6 Å². The Morgan fingerprint density at radius 3 is 2.58 bits per heavy atom. The highest BCUT2D eigenvalue weighted by Crippen LogP contribution is 2.58. The Balaban J connectivity index is 1.10. The number of halogens is 3. The lowest BCUT2D eigenvalue weighted by Crippen LogP contribution is -2.48. The fourth-order valence-corrected chi connectivity index (χ4v) is 11.2. The molecule has 2 amide bonds. The fraction of sp³-hybridized carbons (Fsp3) is 0.667. The molecule has 1 aromatic heterocycles. The number of hydrogen-bond acceptors (Lipinski definition) is 11. The predicted octanol–water partition coefficient (Wildman–Crippen LogP) is 5.98. The number of aromatic nitrogens is 1. The summed E-state index contributed by atoms with van der Waals surface area (Å²) in [6.07, 6.45) is 3.15. The van der Waals surface area contributed by atoms with Gasteiger partial charge in [0.15, 0.2) is 17.2 Å². The van der Waals surface area contributed by atoms with Crippen molar-refractivity contribution in [2.45, 2.75) is 126 Å². The molecule has 4 fully saturated rings. The summed E-state index contributed by atoms with van der Waals surface area (Å²) < 4.78 is 89.7. The molecule has 1 aromatic carbocycles. The molecule has 2 saturated heterocycles. The Hall–Kier alpha value is -4.09. The van der Waals surface area contributed by atoms with Gasteiger partial charge < -0.3 is 19.1 Å². The molecule has 2 aromatic rings. The van der Waals surface area contributed by atoms with Crippen LogP contribution >= 0.6 is 0 Å². The largest absolute Gasteiger partial charge is 0.483 e. The second-order valence-corrected chi connectivity index (χ2v) is 20.9. The van der Waals surface area contributed by atoms with E-state index in [2.05, 4.69) is 14.6 Å². The minimum absolute atomic E-state index is 0.153. The Labute approximate surface area is 360 Å². The van der Waals surface area contributed by atoms with E-state index in [-0.39, 0.29) is 50.8 Å². The van der Waals surface area contributed by atoms with E-state index in [1.807, 2.05) is 19.1 Å². The van der Waals surface area contributed by atoms with Crippen LogP contribution in [0.4, 0.5) is 13.2 Å². The number of Topliss-reactive ketones (excluding diaryl/α,β-unsaturated/α-hetero) is 1. The molecule has 2 saturated carbocycles. The number of carbonyl (C=O) groups is 4. The van der Waals surface area contributed by atoms with Gasteiger partial charge in [-0.05, 0) is 89.7 Å². The van der Waals surface area contributed by atoms with Crippen molar-refractivity contribution in [3.8, 4) is 5.75 Å². The van der Waals surface area contributed by atoms with Crippen molar-refractivity contribution in [1.29, 1.82) is 0 Å². The number of morpholine rings is 1. The number of pyridine rings is 1. The van der Waals surface area contributed by atoms with Crippen molar-refractivity contribution < 1.29 is 55.0 Å². The molecule has 0 unspecified atom stereocenters. The Kier molecular flexibility index (Phi) is 12.3. The van der Waals surface area contributed by atoms with Crippen LogP contribution < -0.4 is 9.46 Å². The Morgan fingerprint density at radius 1 is 1.06 bits per heavy atom. The average molecular weight is 887 g/mol. The number of sulfonamides is 1. The van der Waals surface area contributed by atoms with E-state index in [0.29, 0.717) is 62.7 Å². The van der Waals surface area contributed by atoms with Crippen molar-refractivity contribution in [2.24, 2.45) is 17.3 Å². The summed E-state index contributed by atoms with van der Waals surface area (Å²) in [7, 11) is -4.04. The van der Waals surface area contributed by atoms with E-state index >= 15 is 0 Å². The minimum atomic E-state index is -4.88. The predicted molar refractivity (Wildman–Crippen MR) is 221 cm³/mol. The molecule has 6 aliphatic rings. The van der Waals surface area contributed by atoms with E-state index in [1.54, 1.807) is 25.1 Å². The third-order valence-electron chi connectivity index (χ3n) is 14.1. The maximum Gasteiger partial charge on any atom is 0.437 e. The number of alkyl halides is 3. The highest BCUT2D eigenvalue weighted by Gasteiger charge is 2.63. The molecule has 62 heavy (non-hydrogen) atoms. The lowest BCUT2D eigenvalue weighted by atomic mass is 9.85. The number of nitrogens with one attached hydrogen (secondary N) is 1. The van der Waals surface area contributed by atoms with E-state index in [0.717, 1.165) is 38.0 Å². The van der Waals surface area contributed by atoms with Crippen LogP contribution in [-0.2, 0) is 51.3 Å². The van der Waals surface area contributed by atoms with Crippen LogP contribution in [0.1, 0.15) is 107 Å². The number of benzene rings is 1. The zero-order valence-electron chi connectivity index (χ0n) is 35.5. The van der Waals surface area contributed by atoms with Crippen molar-refractivity contribution >= 4 is 44.5 Å². The molecule has 0 bridgehead atoms. The second-order valence-electron chi connectivity index (χ2n) is 18.7. The monoisotopic (exact) mass is 886 g/mol. The number of ether oxygens (including phenoxy) is 3. The first kappa shape index (κ1) is 44.5. The van der Waals surface area contributed by atoms with Crippen molar-refractivity contribution in [3.05, 3.63) is 47.2 Å². The quantitative estimate of drug-likeness (QED) is 0.179. The summed E-state index contributed by atoms with van der Waals surface area (Å²) in [5.41, 5.74) is -2.66. The number of fused-ring (bicyclic) bond motifs is 5. The molecule has 2 aliphatic carbocycles. The zero-order chi connectivity index (χ0) is 44.1. The first-order valence-corrected chi connectivity index (χ1v) is 23.6. The van der Waals surface area contributed by atoms with Crippen molar-refractivity contribution in [3.63, 3.8) is 0 Å². The third-order valence-corrected chi connectivity index (χ3v) is 16.3. The smallest absolute Gasteiger partial charge is 0.437 e. The van der Waals surface area contributed by atoms with Crippen LogP contribution in [0.2, 0.25) is 0 Å². The van der Waals surface area contributed by atoms with Crippen molar-refractivity contribution in [2.75, 3.05) is 46.0 Å². The average Bonchev–Trinajstić information content (AvgIpc) is 4.12. The van der Waals surface area contributed by atoms with E-state index in [4.69, 9.17) is 14.2 Å². The number of amides is 2. The molecule has 13 nitrogen and oxygen atoms in total. The third kappa shape index (κ3) is 9.13. The fourth-order valence-electron chi connectivity index (χ4n) is 9.87. The number of ketones is 1. The summed E-state index contributed by atoms with van der Waals surface area (Å²) in [6, 6.07) is 3.79. The Morgan fingerprint density at radius 2 is 1.84 bits per heavy atom. The van der Waals surface area contributed by atoms with E-state index in [9.17, 15) is 40.8 Å². The van der Waals surface area contributed by atoms with Gasteiger partial charge in [-0.25, -0.2) is 13.4 Å². The van der Waals surface area contributed by atoms with Crippen LogP contribution in [-0.4, -0.2) is 109 Å². The first-order chi connectivity index (χ1) is 29.4. The SMILES string of the molecule is Cc1ccc2nc(C(F)(F)F)c3c(c2c1)CC[C@]1(C[C@H]2C(=O)C[C@]4(C(=O)NS(=O)(=O)C5(C)CC5)C[C@H]4/C=C\CCCCC[C@H](CC(=O)OCCCN4CCOCC4)C(=O)N2C1)O3. The molecule has 1 spiro atoms. The molecule has 17 heteroatoms. The molecule has 5 atom stereocenters. The summed E-state index contributed by atoms with van der Waals surface area (Å²) in [5.74, 6) is -4.11. The van der Waals surface area contributed by atoms with Gasteiger partial charge in [0.25, 0.3) is 0 Å². The standard InChI is InChI=1S/C45H57F3N4O9S/c1-29-11-12-34-33(23-29)32-13-14-43(61-38(32)39(49-34)45(46,47)48)26-35-36(53)27-44(41(56)50-62(57,58)42(2)15-16-42)25-31(44)10-7-5-3-4-6-9-30(40(55)52(35)28-43)24-37(54)60-20-8-17-51-18-21-59-22-19-51/h7,10-12,23,30-31,35H,3-6,8-9,13-22,24-28H2,1-2H3,(H,50,56)/b10-7-/t30-,31-,35+,43-,44-/m1/s1. The number of nitrogens with zero attached hydrogens (tertiary/aromatic N) is 3. The van der Waals surface area contributed by atoms with Gasteiger partial charge in [0.2, 0.25) is 21.8 Å². The molecular weight excluding hydrogens is 830 g/mol. The van der Waals surface area contributed by atoms with Crippen LogP contribution in [0.15, 0.2) is 30.4 Å². The maximum atomic E-state index is 14.9. The minimum Gasteiger partial charge on any atom is -0.483 e. The molecule has 1 N–H and O–H groups in total. The van der Waals surface area contributed by atoms with Crippen LogP contribution in [0.5, 0.6) is 5.75 Å². The van der Waals surface area contributed by atoms with Crippen LogP contribution in [0.25, 0.3) is 10.9 Å². The van der Waals surface area contributed by atoms with Gasteiger partial charge in [0.05, 0.1) is 54.5 Å². The highest BCUT2D eigenvalue weighted by atomic mass is 32.2. The van der Waals surface area contributed by atoms with Gasteiger partial charge in [-0.2, -0.15) is 13.2 Å². The summed E-state index contributed by atoms with van der Waals surface area (Å²) in [6.45, 7) is 6.93. The molecule has 4 aliphatic heterocycles. The highest BCUT2D eigenvalue weighted by molar-refractivity contribution is 7.91. The number of esters is 1. The second kappa shape index (κ2) is 17.1. The molecule has 338 valence electrons. The number of carbonyl (C=O) groups excluding carboxylic acids is 4. The number of allylic oxidation sites excluding steroid dienone is 2. The summed E-state index contributed by atoms with van der Waals surface area (Å²) >= 11 is 0. The van der Waals surface area contributed by atoms with E-state index in [1.165, 1.54) is 4.90 Å². The lowest BCUT2D eigenvalue weighted by Gasteiger charge is -2.37. The number of aryl methyl sites for hydroxylation is 2. The molecular formula is C45H57F3N4O9S. The summed E-state index contributed by atoms with van der Waals surface area (Å²) in [4.78, 5) is 64.8. The van der Waals surface area contributed by atoms with Gasteiger partial charge in [0.1, 0.15) is 5.60 Å². The zero-order valence-corrected chi connectivity index (χ0v) is 36.3. The molecule has 8 rings (SSSR count). The lowest BCUT2D eigenvalue weighted by molar-refractivity contribution is -0.150. The van der Waals surface area contributed by atoms with Gasteiger partial charge in [-0.15, -0.1) is 0 Å². The van der Waals surface area contributed by atoms with Crippen molar-refractivity contribution in [1.82, 2.24) is 19.5 Å². The van der Waals surface area contributed by atoms with Gasteiger partial charge >= 0.3 is 12.1 Å². The normalized spacial score (nSPS) is 29.7. The Bertz CT molecular complexity index is 2240. The van der Waals surface area contributed by atoms with Crippen LogP contribution in [0.3, 0.4) is 0 Å². The maximum absolute atomic E-state index is 14.9. The molecule has 5 heterocycles.